The SMILES string of the molecule is Cc1cc2c(cc1S(=O)(=O)Nc1c(F)cccc1F)OCCO2. The molecule has 0 atom stereocenters. The fraction of sp³-hybridized carbons (Fsp3) is 0.200. The minimum atomic E-state index is -4.19. The van der Waals surface area contributed by atoms with Crippen LogP contribution in [0.4, 0.5) is 14.5 Å². The summed E-state index contributed by atoms with van der Waals surface area (Å²) in [4.78, 5) is -0.135. The van der Waals surface area contributed by atoms with Crippen molar-refractivity contribution >= 4 is 15.7 Å². The second-order valence-corrected chi connectivity index (χ2v) is 6.61. The van der Waals surface area contributed by atoms with Crippen LogP contribution in [0.25, 0.3) is 0 Å². The highest BCUT2D eigenvalue weighted by molar-refractivity contribution is 7.92. The number of hydrogen-bond donors (Lipinski definition) is 1. The van der Waals surface area contributed by atoms with Crippen LogP contribution in [0, 0.1) is 18.6 Å². The summed E-state index contributed by atoms with van der Waals surface area (Å²) in [7, 11) is -4.19. The van der Waals surface area contributed by atoms with Crippen LogP contribution in [0.15, 0.2) is 35.2 Å². The molecule has 3 rings (SSSR count). The van der Waals surface area contributed by atoms with E-state index in [1.54, 1.807) is 6.92 Å². The molecule has 0 spiro atoms. The zero-order chi connectivity index (χ0) is 16.6. The van der Waals surface area contributed by atoms with Crippen LogP contribution >= 0.6 is 0 Å². The van der Waals surface area contributed by atoms with E-state index in [4.69, 9.17) is 9.47 Å². The van der Waals surface area contributed by atoms with Crippen molar-refractivity contribution in [3.05, 3.63) is 47.5 Å². The lowest BCUT2D eigenvalue weighted by molar-refractivity contribution is 0.171. The average molecular weight is 341 g/mol. The molecule has 0 amide bonds. The molecular formula is C15H13F2NO4S. The summed E-state index contributed by atoms with van der Waals surface area (Å²) in [5.74, 6) is -1.28. The Balaban J connectivity index is 2.03. The molecule has 23 heavy (non-hydrogen) atoms. The highest BCUT2D eigenvalue weighted by Gasteiger charge is 2.24. The molecule has 0 unspecified atom stereocenters. The second kappa shape index (κ2) is 5.69. The normalized spacial score (nSPS) is 13.7. The molecule has 0 saturated heterocycles. The van der Waals surface area contributed by atoms with Gasteiger partial charge in [0.05, 0.1) is 4.90 Å². The van der Waals surface area contributed by atoms with E-state index in [9.17, 15) is 17.2 Å². The zero-order valence-corrected chi connectivity index (χ0v) is 12.9. The van der Waals surface area contributed by atoms with Crippen molar-refractivity contribution in [1.29, 1.82) is 0 Å². The number of halogens is 2. The highest BCUT2D eigenvalue weighted by Crippen LogP contribution is 2.35. The summed E-state index contributed by atoms with van der Waals surface area (Å²) in [5.41, 5.74) is -0.347. The summed E-state index contributed by atoms with van der Waals surface area (Å²) in [5, 5.41) is 0. The number of rotatable bonds is 3. The van der Waals surface area contributed by atoms with Crippen LogP contribution in [-0.2, 0) is 10.0 Å². The molecule has 8 heteroatoms. The number of hydrogen-bond acceptors (Lipinski definition) is 4. The maximum atomic E-state index is 13.7. The molecule has 0 saturated carbocycles. The van der Waals surface area contributed by atoms with Gasteiger partial charge in [-0.05, 0) is 30.7 Å². The molecule has 2 aromatic rings. The van der Waals surface area contributed by atoms with E-state index in [2.05, 4.69) is 0 Å². The number of sulfonamides is 1. The molecule has 1 aliphatic heterocycles. The fourth-order valence-electron chi connectivity index (χ4n) is 2.25. The molecule has 1 aliphatic rings. The van der Waals surface area contributed by atoms with E-state index in [0.717, 1.165) is 18.2 Å². The monoisotopic (exact) mass is 341 g/mol. The molecule has 0 fully saturated rings. The van der Waals surface area contributed by atoms with Gasteiger partial charge in [-0.15, -0.1) is 0 Å². The predicted octanol–water partition coefficient (Wildman–Crippen LogP) is 2.85. The van der Waals surface area contributed by atoms with Gasteiger partial charge in [0.15, 0.2) is 11.5 Å². The lowest BCUT2D eigenvalue weighted by Gasteiger charge is -2.20. The minimum Gasteiger partial charge on any atom is -0.486 e. The van der Waals surface area contributed by atoms with Crippen LogP contribution in [0.1, 0.15) is 5.56 Å². The molecule has 0 radical (unpaired) electrons. The molecular weight excluding hydrogens is 328 g/mol. The van der Waals surface area contributed by atoms with Gasteiger partial charge in [-0.25, -0.2) is 17.2 Å². The van der Waals surface area contributed by atoms with Crippen molar-refractivity contribution in [1.82, 2.24) is 0 Å². The van der Waals surface area contributed by atoms with E-state index in [1.807, 2.05) is 4.72 Å². The van der Waals surface area contributed by atoms with Gasteiger partial charge in [-0.1, -0.05) is 6.07 Å². The predicted molar refractivity (Wildman–Crippen MR) is 79.3 cm³/mol. The molecule has 5 nitrogen and oxygen atoms in total. The summed E-state index contributed by atoms with van der Waals surface area (Å²) in [6.45, 7) is 2.23. The minimum absolute atomic E-state index is 0.135. The van der Waals surface area contributed by atoms with Crippen LogP contribution in [-0.4, -0.2) is 21.6 Å². The summed E-state index contributed by atoms with van der Waals surface area (Å²) in [6.07, 6.45) is 0. The van der Waals surface area contributed by atoms with Gasteiger partial charge >= 0.3 is 0 Å². The summed E-state index contributed by atoms with van der Waals surface area (Å²) < 4.78 is 64.9. The van der Waals surface area contributed by atoms with Gasteiger partial charge in [-0.3, -0.25) is 4.72 Å². The van der Waals surface area contributed by atoms with E-state index in [1.165, 1.54) is 12.1 Å². The van der Waals surface area contributed by atoms with Crippen molar-refractivity contribution in [3.63, 3.8) is 0 Å². The Bertz CT molecular complexity index is 848. The van der Waals surface area contributed by atoms with E-state index < -0.39 is 27.3 Å². The Labute approximate surface area is 131 Å². The number of aryl methyl sites for hydroxylation is 1. The topological polar surface area (TPSA) is 64.6 Å². The third-order valence-electron chi connectivity index (χ3n) is 3.33. The number of ether oxygens (including phenoxy) is 2. The lowest BCUT2D eigenvalue weighted by atomic mass is 10.2. The van der Waals surface area contributed by atoms with Crippen molar-refractivity contribution in [2.45, 2.75) is 11.8 Å². The molecule has 1 heterocycles. The first-order chi connectivity index (χ1) is 10.9. The van der Waals surface area contributed by atoms with E-state index in [-0.39, 0.29) is 10.6 Å². The van der Waals surface area contributed by atoms with Gasteiger partial charge < -0.3 is 9.47 Å². The Morgan fingerprint density at radius 3 is 2.22 bits per heavy atom. The first kappa shape index (κ1) is 15.5. The van der Waals surface area contributed by atoms with Gasteiger partial charge in [0, 0.05) is 6.07 Å². The summed E-state index contributed by atoms with van der Waals surface area (Å²) in [6, 6.07) is 5.89. The van der Waals surface area contributed by atoms with Crippen LogP contribution in [0.2, 0.25) is 0 Å². The largest absolute Gasteiger partial charge is 0.486 e. The molecule has 2 aromatic carbocycles. The van der Waals surface area contributed by atoms with E-state index in [0.29, 0.717) is 24.5 Å². The first-order valence-electron chi connectivity index (χ1n) is 6.75. The molecule has 1 N–H and O–H groups in total. The van der Waals surface area contributed by atoms with Gasteiger partial charge in [0.1, 0.15) is 30.5 Å². The Morgan fingerprint density at radius 1 is 1.04 bits per heavy atom. The van der Waals surface area contributed by atoms with Crippen LogP contribution in [0.3, 0.4) is 0 Å². The number of benzene rings is 2. The Morgan fingerprint density at radius 2 is 1.61 bits per heavy atom. The smallest absolute Gasteiger partial charge is 0.262 e. The zero-order valence-electron chi connectivity index (χ0n) is 12.1. The third kappa shape index (κ3) is 2.94. The number of fused-ring (bicyclic) bond motifs is 1. The molecule has 0 bridgehead atoms. The van der Waals surface area contributed by atoms with Gasteiger partial charge in [0.25, 0.3) is 10.0 Å². The van der Waals surface area contributed by atoms with Crippen molar-refractivity contribution in [2.75, 3.05) is 17.9 Å². The fourth-order valence-corrected chi connectivity index (χ4v) is 3.56. The summed E-state index contributed by atoms with van der Waals surface area (Å²) >= 11 is 0. The highest BCUT2D eigenvalue weighted by atomic mass is 32.2. The Kier molecular flexibility index (Phi) is 3.85. The molecule has 122 valence electrons. The second-order valence-electron chi connectivity index (χ2n) is 4.96. The maximum Gasteiger partial charge on any atom is 0.262 e. The quantitative estimate of drug-likeness (QED) is 0.932. The molecule has 0 aliphatic carbocycles. The Hall–Kier alpha value is -2.35. The number of anilines is 1. The number of nitrogens with one attached hydrogen (secondary N) is 1. The standard InChI is InChI=1S/C15H13F2NO4S/c1-9-7-12-13(22-6-5-21-12)8-14(9)23(19,20)18-15-10(16)3-2-4-11(15)17/h2-4,7-8,18H,5-6H2,1H3. The van der Waals surface area contributed by atoms with E-state index >= 15 is 0 Å². The third-order valence-corrected chi connectivity index (χ3v) is 4.82. The van der Waals surface area contributed by atoms with Crippen molar-refractivity contribution in [2.24, 2.45) is 0 Å². The molecule has 0 aromatic heterocycles. The van der Waals surface area contributed by atoms with Crippen molar-refractivity contribution < 1.29 is 26.7 Å². The van der Waals surface area contributed by atoms with Gasteiger partial charge in [0.2, 0.25) is 0 Å². The lowest BCUT2D eigenvalue weighted by Crippen LogP contribution is -2.19. The average Bonchev–Trinajstić information content (AvgIpc) is 2.50. The van der Waals surface area contributed by atoms with Crippen LogP contribution in [0.5, 0.6) is 11.5 Å². The first-order valence-corrected chi connectivity index (χ1v) is 8.24. The van der Waals surface area contributed by atoms with Crippen LogP contribution < -0.4 is 14.2 Å². The van der Waals surface area contributed by atoms with Gasteiger partial charge in [-0.2, -0.15) is 0 Å². The number of para-hydroxylation sites is 1. The maximum absolute atomic E-state index is 13.7. The van der Waals surface area contributed by atoms with Crippen molar-refractivity contribution in [3.8, 4) is 11.5 Å².